The molecule has 0 bridgehead atoms. The summed E-state index contributed by atoms with van der Waals surface area (Å²) in [5.74, 6) is 0.443. The van der Waals surface area contributed by atoms with Crippen molar-refractivity contribution in [3.05, 3.63) is 35.9 Å². The van der Waals surface area contributed by atoms with E-state index in [2.05, 4.69) is 19.1 Å². The zero-order valence-corrected chi connectivity index (χ0v) is 11.5. The van der Waals surface area contributed by atoms with Crippen molar-refractivity contribution in [3.63, 3.8) is 0 Å². The largest absolute Gasteiger partial charge is 0.381 e. The second-order valence-electron chi connectivity index (χ2n) is 4.60. The van der Waals surface area contributed by atoms with E-state index in [1.54, 1.807) is 0 Å². The number of hydrogen-bond donors (Lipinski definition) is 0. The van der Waals surface area contributed by atoms with Crippen molar-refractivity contribution in [1.82, 2.24) is 0 Å². The molecule has 0 aliphatic heterocycles. The van der Waals surface area contributed by atoms with Gasteiger partial charge in [0.25, 0.3) is 0 Å². The fourth-order valence-corrected chi connectivity index (χ4v) is 2.98. The minimum absolute atomic E-state index is 0.216. The van der Waals surface area contributed by atoms with Gasteiger partial charge in [0, 0.05) is 18.4 Å². The third kappa shape index (κ3) is 2.96. The second kappa shape index (κ2) is 5.60. The van der Waals surface area contributed by atoms with Crippen molar-refractivity contribution in [3.8, 4) is 0 Å². The number of rotatable bonds is 6. The van der Waals surface area contributed by atoms with Gasteiger partial charge < -0.3 is 4.74 Å². The predicted octanol–water partition coefficient (Wildman–Crippen LogP) is 4.39. The Hall–Kier alpha value is -0.240. The summed E-state index contributed by atoms with van der Waals surface area (Å²) in [5.41, 5.74) is 1.21. The van der Waals surface area contributed by atoms with Gasteiger partial charge in [0.05, 0.1) is 6.61 Å². The topological polar surface area (TPSA) is 9.23 Å². The van der Waals surface area contributed by atoms with E-state index in [0.29, 0.717) is 6.61 Å². The van der Waals surface area contributed by atoms with E-state index in [0.717, 1.165) is 19.4 Å². The van der Waals surface area contributed by atoms with Gasteiger partial charge >= 0.3 is 0 Å². The van der Waals surface area contributed by atoms with Gasteiger partial charge in [-0.3, -0.25) is 0 Å². The van der Waals surface area contributed by atoms with Crippen LogP contribution < -0.4 is 0 Å². The third-order valence-corrected chi connectivity index (χ3v) is 4.33. The maximum Gasteiger partial charge on any atom is 0.131 e. The van der Waals surface area contributed by atoms with Crippen LogP contribution in [-0.4, -0.2) is 17.5 Å². The van der Waals surface area contributed by atoms with Crippen LogP contribution in [0.15, 0.2) is 30.3 Å². The van der Waals surface area contributed by atoms with Gasteiger partial charge in [-0.2, -0.15) is 0 Å². The highest BCUT2D eigenvalue weighted by molar-refractivity contribution is 6.51. The molecule has 1 aliphatic carbocycles. The van der Waals surface area contributed by atoms with Crippen molar-refractivity contribution in [2.24, 2.45) is 5.92 Å². The van der Waals surface area contributed by atoms with Crippen LogP contribution >= 0.6 is 23.2 Å². The normalized spacial score (nSPS) is 25.8. The van der Waals surface area contributed by atoms with Gasteiger partial charge in [0.2, 0.25) is 0 Å². The summed E-state index contributed by atoms with van der Waals surface area (Å²) in [6, 6.07) is 10.2. The molecule has 0 spiro atoms. The molecular formula is C14H18Cl2O. The number of ether oxygens (including phenoxy) is 1. The zero-order valence-electron chi connectivity index (χ0n) is 10.0. The molecule has 2 rings (SSSR count). The summed E-state index contributed by atoms with van der Waals surface area (Å²) in [5, 5.41) is 0. The third-order valence-electron chi connectivity index (χ3n) is 3.30. The molecule has 0 aromatic heterocycles. The molecule has 1 nitrogen and oxygen atoms in total. The summed E-state index contributed by atoms with van der Waals surface area (Å²) in [6.45, 7) is 3.62. The maximum atomic E-state index is 6.31. The summed E-state index contributed by atoms with van der Waals surface area (Å²) in [6.07, 6.45) is 2.25. The Labute approximate surface area is 113 Å². The lowest BCUT2D eigenvalue weighted by atomic mass is 10.1. The van der Waals surface area contributed by atoms with Crippen LogP contribution in [0.1, 0.15) is 31.2 Å². The molecule has 1 aliphatic rings. The van der Waals surface area contributed by atoms with E-state index >= 15 is 0 Å². The molecule has 94 valence electrons. The first-order chi connectivity index (χ1) is 8.18. The SMILES string of the molecule is CCCCOCC1C(c2ccccc2)C1(Cl)Cl. The maximum absolute atomic E-state index is 6.31. The Kier molecular flexibility index (Phi) is 4.35. The quantitative estimate of drug-likeness (QED) is 0.551. The van der Waals surface area contributed by atoms with E-state index in [1.165, 1.54) is 5.56 Å². The Morgan fingerprint density at radius 2 is 1.94 bits per heavy atom. The van der Waals surface area contributed by atoms with Gasteiger partial charge in [0.1, 0.15) is 4.33 Å². The molecule has 0 saturated heterocycles. The van der Waals surface area contributed by atoms with Crippen LogP contribution in [0, 0.1) is 5.92 Å². The van der Waals surface area contributed by atoms with E-state index in [9.17, 15) is 0 Å². The molecule has 3 heteroatoms. The van der Waals surface area contributed by atoms with E-state index in [4.69, 9.17) is 27.9 Å². The molecule has 0 N–H and O–H groups in total. The van der Waals surface area contributed by atoms with E-state index in [1.807, 2.05) is 18.2 Å². The van der Waals surface area contributed by atoms with E-state index < -0.39 is 4.33 Å². The molecule has 17 heavy (non-hydrogen) atoms. The van der Waals surface area contributed by atoms with Gasteiger partial charge in [0.15, 0.2) is 0 Å². The van der Waals surface area contributed by atoms with Crippen LogP contribution in [-0.2, 0) is 4.74 Å². The number of unbranched alkanes of at least 4 members (excludes halogenated alkanes) is 1. The molecule has 1 saturated carbocycles. The highest BCUT2D eigenvalue weighted by Crippen LogP contribution is 2.64. The lowest BCUT2D eigenvalue weighted by molar-refractivity contribution is 0.120. The van der Waals surface area contributed by atoms with Crippen molar-refractivity contribution < 1.29 is 4.74 Å². The number of alkyl halides is 2. The van der Waals surface area contributed by atoms with Gasteiger partial charge in [-0.05, 0) is 12.0 Å². The number of hydrogen-bond acceptors (Lipinski definition) is 1. The molecule has 0 amide bonds. The predicted molar refractivity (Wildman–Crippen MR) is 72.8 cm³/mol. The first-order valence-electron chi connectivity index (χ1n) is 6.18. The molecular weight excluding hydrogens is 255 g/mol. The molecule has 0 radical (unpaired) electrons. The molecule has 0 heterocycles. The van der Waals surface area contributed by atoms with Crippen LogP contribution in [0.25, 0.3) is 0 Å². The average molecular weight is 273 g/mol. The number of benzene rings is 1. The van der Waals surface area contributed by atoms with Crippen molar-refractivity contribution in [2.45, 2.75) is 30.0 Å². The minimum atomic E-state index is -0.645. The van der Waals surface area contributed by atoms with E-state index in [-0.39, 0.29) is 11.8 Å². The molecule has 1 aromatic rings. The lowest BCUT2D eigenvalue weighted by Gasteiger charge is -2.02. The van der Waals surface area contributed by atoms with Crippen molar-refractivity contribution in [1.29, 1.82) is 0 Å². The summed E-state index contributed by atoms with van der Waals surface area (Å²) in [7, 11) is 0. The zero-order chi connectivity index (χ0) is 12.3. The Morgan fingerprint density at radius 3 is 2.59 bits per heavy atom. The van der Waals surface area contributed by atoms with Crippen LogP contribution in [0.3, 0.4) is 0 Å². The standard InChI is InChI=1S/C14H18Cl2O/c1-2-3-9-17-10-12-13(14(12,15)16)11-7-5-4-6-8-11/h4-8,12-13H,2-3,9-10H2,1H3. The molecule has 1 aromatic carbocycles. The fraction of sp³-hybridized carbons (Fsp3) is 0.571. The Bertz CT molecular complexity index is 350. The second-order valence-corrected chi connectivity index (χ2v) is 6.04. The van der Waals surface area contributed by atoms with Gasteiger partial charge in [-0.1, -0.05) is 43.7 Å². The summed E-state index contributed by atoms with van der Waals surface area (Å²) >= 11 is 12.6. The van der Waals surface area contributed by atoms with Crippen LogP contribution in [0.4, 0.5) is 0 Å². The molecule has 2 unspecified atom stereocenters. The smallest absolute Gasteiger partial charge is 0.131 e. The summed E-state index contributed by atoms with van der Waals surface area (Å²) < 4.78 is 4.97. The Balaban J connectivity index is 1.88. The highest BCUT2D eigenvalue weighted by Gasteiger charge is 2.63. The Morgan fingerprint density at radius 1 is 1.24 bits per heavy atom. The monoisotopic (exact) mass is 272 g/mol. The first kappa shape index (κ1) is 13.2. The summed E-state index contributed by atoms with van der Waals surface area (Å²) in [4.78, 5) is 0. The highest BCUT2D eigenvalue weighted by atomic mass is 35.5. The van der Waals surface area contributed by atoms with Crippen molar-refractivity contribution in [2.75, 3.05) is 13.2 Å². The molecule has 1 fully saturated rings. The number of halogens is 2. The minimum Gasteiger partial charge on any atom is -0.381 e. The van der Waals surface area contributed by atoms with Gasteiger partial charge in [-0.25, -0.2) is 0 Å². The lowest BCUT2D eigenvalue weighted by Crippen LogP contribution is -2.02. The van der Waals surface area contributed by atoms with Gasteiger partial charge in [-0.15, -0.1) is 23.2 Å². The van der Waals surface area contributed by atoms with Crippen molar-refractivity contribution >= 4 is 23.2 Å². The fourth-order valence-electron chi connectivity index (χ4n) is 2.17. The first-order valence-corrected chi connectivity index (χ1v) is 6.94. The average Bonchev–Trinajstić information content (AvgIpc) is 2.88. The van der Waals surface area contributed by atoms with Crippen LogP contribution in [0.5, 0.6) is 0 Å². The van der Waals surface area contributed by atoms with Crippen LogP contribution in [0.2, 0.25) is 0 Å². The molecule has 2 atom stereocenters.